The van der Waals surface area contributed by atoms with E-state index in [9.17, 15) is 18.0 Å². The van der Waals surface area contributed by atoms with Crippen molar-refractivity contribution in [3.8, 4) is 0 Å². The number of benzene rings is 1. The number of nitrogens with zero attached hydrogens (tertiary/aromatic N) is 2. The number of aromatic nitrogens is 2. The molecule has 1 aliphatic carbocycles. The number of thioether (sulfide) groups is 1. The van der Waals surface area contributed by atoms with Gasteiger partial charge in [0.2, 0.25) is 0 Å². The Labute approximate surface area is 122 Å². The van der Waals surface area contributed by atoms with Gasteiger partial charge < -0.3 is 9.67 Å². The molecule has 21 heavy (non-hydrogen) atoms. The van der Waals surface area contributed by atoms with Crippen LogP contribution in [0.25, 0.3) is 11.0 Å². The van der Waals surface area contributed by atoms with Crippen LogP contribution in [0, 0.1) is 0 Å². The minimum Gasteiger partial charge on any atom is -0.481 e. The lowest BCUT2D eigenvalue weighted by Gasteiger charge is -2.23. The summed E-state index contributed by atoms with van der Waals surface area (Å²) in [6, 6.07) is 6.55. The van der Waals surface area contributed by atoms with E-state index in [1.54, 1.807) is 24.3 Å². The first-order valence-electron chi connectivity index (χ1n) is 6.24. The molecule has 3 rings (SSSR count). The van der Waals surface area contributed by atoms with Gasteiger partial charge >= 0.3 is 12.1 Å². The fourth-order valence-electron chi connectivity index (χ4n) is 2.39. The van der Waals surface area contributed by atoms with E-state index in [0.29, 0.717) is 11.0 Å². The Hall–Kier alpha value is -1.70. The summed E-state index contributed by atoms with van der Waals surface area (Å²) in [5.74, 6) is -1.41. The second-order valence-electron chi connectivity index (χ2n) is 4.93. The number of halogens is 3. The maximum atomic E-state index is 13.4. The van der Waals surface area contributed by atoms with E-state index in [4.69, 9.17) is 5.11 Å². The van der Waals surface area contributed by atoms with Crippen LogP contribution in [0.5, 0.6) is 0 Å². The predicted molar refractivity (Wildman–Crippen MR) is 71.4 cm³/mol. The first-order chi connectivity index (χ1) is 9.85. The summed E-state index contributed by atoms with van der Waals surface area (Å²) < 4.78 is 41.3. The summed E-state index contributed by atoms with van der Waals surface area (Å²) >= 11 is 0.816. The second kappa shape index (κ2) is 4.66. The van der Waals surface area contributed by atoms with Crippen molar-refractivity contribution in [2.75, 3.05) is 5.75 Å². The van der Waals surface area contributed by atoms with Gasteiger partial charge in [-0.3, -0.25) is 4.79 Å². The maximum Gasteiger partial charge on any atom is 0.412 e. The molecule has 1 fully saturated rings. The average Bonchev–Trinajstić information content (AvgIpc) is 3.12. The summed E-state index contributed by atoms with van der Waals surface area (Å²) in [5, 5.41) is 8.84. The number of carboxylic acids is 1. The number of hydrogen-bond acceptors (Lipinski definition) is 3. The van der Waals surface area contributed by atoms with Crippen molar-refractivity contribution >= 4 is 28.8 Å². The number of carbonyl (C=O) groups is 1. The number of alkyl halides is 3. The van der Waals surface area contributed by atoms with Crippen molar-refractivity contribution in [2.24, 2.45) is 0 Å². The molecule has 0 aliphatic heterocycles. The quantitative estimate of drug-likeness (QED) is 0.880. The van der Waals surface area contributed by atoms with Gasteiger partial charge in [-0.1, -0.05) is 23.9 Å². The first kappa shape index (κ1) is 14.2. The molecule has 0 spiro atoms. The SMILES string of the molecule is O=C(O)CSc1nc2ccccc2n1C1(C(F)(F)F)CC1. The van der Waals surface area contributed by atoms with E-state index in [2.05, 4.69) is 4.98 Å². The molecule has 1 aliphatic rings. The minimum atomic E-state index is -4.38. The Morgan fingerprint density at radius 1 is 1.38 bits per heavy atom. The Kier molecular flexibility index (Phi) is 3.16. The number of carboxylic acid groups (broad SMARTS) is 1. The molecule has 0 atom stereocenters. The molecule has 1 saturated carbocycles. The monoisotopic (exact) mass is 316 g/mol. The molecule has 0 unspecified atom stereocenters. The third-order valence-electron chi connectivity index (χ3n) is 3.53. The lowest BCUT2D eigenvalue weighted by atomic mass is 10.2. The highest BCUT2D eigenvalue weighted by molar-refractivity contribution is 7.99. The molecule has 1 aromatic heterocycles. The van der Waals surface area contributed by atoms with Crippen molar-refractivity contribution in [3.63, 3.8) is 0 Å². The Bertz CT molecular complexity index is 707. The van der Waals surface area contributed by atoms with E-state index in [-0.39, 0.29) is 23.8 Å². The van der Waals surface area contributed by atoms with E-state index in [1.165, 1.54) is 0 Å². The number of rotatable bonds is 4. The summed E-state index contributed by atoms with van der Waals surface area (Å²) in [5.41, 5.74) is -1.11. The molecule has 2 aromatic rings. The number of imidazole rings is 1. The molecule has 0 bridgehead atoms. The van der Waals surface area contributed by atoms with Gasteiger partial charge in [0.25, 0.3) is 0 Å². The van der Waals surface area contributed by atoms with Crippen molar-refractivity contribution in [1.82, 2.24) is 9.55 Å². The van der Waals surface area contributed by atoms with E-state index < -0.39 is 17.7 Å². The van der Waals surface area contributed by atoms with E-state index >= 15 is 0 Å². The van der Waals surface area contributed by atoms with Gasteiger partial charge in [-0.05, 0) is 25.0 Å². The zero-order chi connectivity index (χ0) is 15.3. The lowest BCUT2D eigenvalue weighted by molar-refractivity contribution is -0.180. The van der Waals surface area contributed by atoms with Crippen LogP contribution in [0.4, 0.5) is 13.2 Å². The molecule has 1 heterocycles. The normalized spacial score (nSPS) is 17.1. The maximum absolute atomic E-state index is 13.4. The molecule has 0 amide bonds. The molecular formula is C13H11F3N2O2S. The summed E-state index contributed by atoms with van der Waals surface area (Å²) in [6.45, 7) is 0. The van der Waals surface area contributed by atoms with Gasteiger partial charge in [0.1, 0.15) is 5.54 Å². The minimum absolute atomic E-state index is 0.00249. The second-order valence-corrected chi connectivity index (χ2v) is 5.87. The number of hydrogen-bond donors (Lipinski definition) is 1. The Morgan fingerprint density at radius 3 is 2.62 bits per heavy atom. The zero-order valence-electron chi connectivity index (χ0n) is 10.7. The van der Waals surface area contributed by atoms with Crippen LogP contribution >= 0.6 is 11.8 Å². The number of aliphatic carboxylic acids is 1. The highest BCUT2D eigenvalue weighted by atomic mass is 32.2. The van der Waals surface area contributed by atoms with Gasteiger partial charge in [-0.2, -0.15) is 13.2 Å². The topological polar surface area (TPSA) is 55.1 Å². The zero-order valence-corrected chi connectivity index (χ0v) is 11.5. The molecule has 4 nitrogen and oxygen atoms in total. The fourth-order valence-corrected chi connectivity index (χ4v) is 3.21. The van der Waals surface area contributed by atoms with Gasteiger partial charge in [-0.15, -0.1) is 0 Å². The number of fused-ring (bicyclic) bond motifs is 1. The molecule has 0 radical (unpaired) electrons. The highest BCUT2D eigenvalue weighted by Gasteiger charge is 2.66. The van der Waals surface area contributed by atoms with E-state index in [1.807, 2.05) is 0 Å². The molecule has 1 N–H and O–H groups in total. The summed E-state index contributed by atoms with van der Waals surface area (Å²) in [6.07, 6.45) is -4.38. The summed E-state index contributed by atoms with van der Waals surface area (Å²) in [4.78, 5) is 14.8. The van der Waals surface area contributed by atoms with Gasteiger partial charge in [0, 0.05) is 0 Å². The average molecular weight is 316 g/mol. The highest BCUT2D eigenvalue weighted by Crippen LogP contribution is 2.57. The molecule has 112 valence electrons. The first-order valence-corrected chi connectivity index (χ1v) is 7.23. The van der Waals surface area contributed by atoms with Gasteiger partial charge in [-0.25, -0.2) is 4.98 Å². The fraction of sp³-hybridized carbons (Fsp3) is 0.385. The van der Waals surface area contributed by atoms with Crippen LogP contribution in [0.1, 0.15) is 12.8 Å². The van der Waals surface area contributed by atoms with Gasteiger partial charge in [0.05, 0.1) is 16.8 Å². The molecule has 0 saturated heterocycles. The van der Waals surface area contributed by atoms with E-state index in [0.717, 1.165) is 16.3 Å². The third kappa shape index (κ3) is 2.27. The van der Waals surface area contributed by atoms with Gasteiger partial charge in [0.15, 0.2) is 5.16 Å². The standard InChI is InChI=1S/C13H11F3N2O2S/c14-13(15,16)12(5-6-12)18-9-4-2-1-3-8(9)17-11(18)21-7-10(19)20/h1-4H,5-7H2,(H,19,20). The molecule has 8 heteroatoms. The number of para-hydroxylation sites is 2. The molecule has 1 aromatic carbocycles. The van der Waals surface area contributed by atoms with Crippen LogP contribution in [-0.2, 0) is 10.3 Å². The van der Waals surface area contributed by atoms with Crippen LogP contribution in [0.3, 0.4) is 0 Å². The molecular weight excluding hydrogens is 305 g/mol. The third-order valence-corrected chi connectivity index (χ3v) is 4.46. The van der Waals surface area contributed by atoms with Crippen LogP contribution < -0.4 is 0 Å². The predicted octanol–water partition coefficient (Wildman–Crippen LogP) is 3.26. The Balaban J connectivity index is 2.15. The van der Waals surface area contributed by atoms with Crippen molar-refractivity contribution in [2.45, 2.75) is 29.7 Å². The largest absolute Gasteiger partial charge is 0.481 e. The lowest BCUT2D eigenvalue weighted by Crippen LogP contribution is -2.35. The van der Waals surface area contributed by atoms with Crippen molar-refractivity contribution < 1.29 is 23.1 Å². The Morgan fingerprint density at radius 2 is 2.05 bits per heavy atom. The van der Waals surface area contributed by atoms with Crippen molar-refractivity contribution in [1.29, 1.82) is 0 Å². The van der Waals surface area contributed by atoms with Crippen molar-refractivity contribution in [3.05, 3.63) is 24.3 Å². The smallest absolute Gasteiger partial charge is 0.412 e. The van der Waals surface area contributed by atoms with Crippen LogP contribution in [0.15, 0.2) is 29.4 Å². The van der Waals surface area contributed by atoms with Crippen LogP contribution in [0.2, 0.25) is 0 Å². The van der Waals surface area contributed by atoms with Crippen LogP contribution in [-0.4, -0.2) is 32.6 Å². The summed E-state index contributed by atoms with van der Waals surface area (Å²) in [7, 11) is 0.